The molecule has 1 aromatic heterocycles. The number of rotatable bonds is 5. The van der Waals surface area contributed by atoms with Crippen molar-refractivity contribution >= 4 is 23.1 Å². The Hall–Kier alpha value is -3.29. The maximum absolute atomic E-state index is 13.8. The molecule has 26 heavy (non-hydrogen) atoms. The number of nitrogens with zero attached hydrogens (tertiary/aromatic N) is 2. The molecule has 0 aliphatic heterocycles. The number of nitrogens with one attached hydrogen (secondary N) is 2. The molecule has 0 fully saturated rings. The predicted molar refractivity (Wildman–Crippen MR) is 92.6 cm³/mol. The highest BCUT2D eigenvalue weighted by molar-refractivity contribution is 5.64. The summed E-state index contributed by atoms with van der Waals surface area (Å²) in [6.45, 7) is 1.72. The van der Waals surface area contributed by atoms with E-state index in [9.17, 15) is 13.2 Å². The third-order valence-electron chi connectivity index (χ3n) is 3.51. The number of aryl methyl sites for hydroxylation is 1. The zero-order valence-electron chi connectivity index (χ0n) is 14.0. The number of ether oxygens (including phenoxy) is 1. The predicted octanol–water partition coefficient (Wildman–Crippen LogP) is 4.70. The fourth-order valence-corrected chi connectivity index (χ4v) is 2.32. The van der Waals surface area contributed by atoms with Gasteiger partial charge < -0.3 is 15.4 Å². The van der Waals surface area contributed by atoms with Crippen molar-refractivity contribution in [2.75, 3.05) is 17.7 Å². The van der Waals surface area contributed by atoms with E-state index in [0.29, 0.717) is 17.1 Å². The van der Waals surface area contributed by atoms with Crippen molar-refractivity contribution in [1.82, 2.24) is 9.97 Å². The molecule has 0 unspecified atom stereocenters. The number of benzene rings is 2. The molecule has 0 radical (unpaired) electrons. The summed E-state index contributed by atoms with van der Waals surface area (Å²) in [6.07, 6.45) is 0. The van der Waals surface area contributed by atoms with E-state index < -0.39 is 17.5 Å². The maximum Gasteiger partial charge on any atom is 0.229 e. The number of para-hydroxylation sites is 2. The second-order valence-electron chi connectivity index (χ2n) is 5.39. The normalized spacial score (nSPS) is 10.5. The van der Waals surface area contributed by atoms with Gasteiger partial charge in [-0.15, -0.1) is 0 Å². The van der Waals surface area contributed by atoms with Gasteiger partial charge in [-0.25, -0.2) is 18.2 Å². The molecule has 2 N–H and O–H groups in total. The van der Waals surface area contributed by atoms with Gasteiger partial charge in [0.1, 0.15) is 11.6 Å². The van der Waals surface area contributed by atoms with Crippen LogP contribution in [0.1, 0.15) is 5.69 Å². The first-order chi connectivity index (χ1) is 12.5. The van der Waals surface area contributed by atoms with Gasteiger partial charge in [0.2, 0.25) is 5.95 Å². The van der Waals surface area contributed by atoms with Crippen molar-refractivity contribution in [3.8, 4) is 5.75 Å². The van der Waals surface area contributed by atoms with Gasteiger partial charge in [0.15, 0.2) is 17.5 Å². The number of anilines is 4. The SMILES string of the molecule is COc1ccccc1Nc1nc(C)cc(Nc2ccc(F)c(F)c2F)n1. The standard InChI is InChI=1S/C18H15F3N4O/c1-10-9-15(23-13-8-7-11(19)16(20)17(13)21)25-18(22-10)24-12-5-3-4-6-14(12)26-2/h3-9H,1-2H3,(H2,22,23,24,25). The van der Waals surface area contributed by atoms with E-state index in [2.05, 4.69) is 20.6 Å². The summed E-state index contributed by atoms with van der Waals surface area (Å²) in [7, 11) is 1.54. The first kappa shape index (κ1) is 17.5. The molecule has 134 valence electrons. The maximum atomic E-state index is 13.8. The van der Waals surface area contributed by atoms with E-state index in [1.807, 2.05) is 12.1 Å². The van der Waals surface area contributed by atoms with Crippen molar-refractivity contribution in [3.63, 3.8) is 0 Å². The summed E-state index contributed by atoms with van der Waals surface area (Å²) < 4.78 is 45.5. The molecule has 8 heteroatoms. The van der Waals surface area contributed by atoms with Gasteiger partial charge in [0.25, 0.3) is 0 Å². The van der Waals surface area contributed by atoms with Crippen molar-refractivity contribution in [3.05, 3.63) is 65.6 Å². The van der Waals surface area contributed by atoms with Crippen molar-refractivity contribution in [2.24, 2.45) is 0 Å². The van der Waals surface area contributed by atoms with E-state index in [0.717, 1.165) is 12.1 Å². The highest BCUT2D eigenvalue weighted by atomic mass is 19.2. The van der Waals surface area contributed by atoms with E-state index in [4.69, 9.17) is 4.74 Å². The molecular weight excluding hydrogens is 345 g/mol. The topological polar surface area (TPSA) is 59.1 Å². The Morgan fingerprint density at radius 2 is 1.65 bits per heavy atom. The molecule has 2 aromatic carbocycles. The van der Waals surface area contributed by atoms with Gasteiger partial charge in [-0.1, -0.05) is 12.1 Å². The highest BCUT2D eigenvalue weighted by Gasteiger charge is 2.14. The summed E-state index contributed by atoms with van der Waals surface area (Å²) in [6, 6.07) is 10.7. The minimum atomic E-state index is -1.55. The average molecular weight is 360 g/mol. The van der Waals surface area contributed by atoms with Crippen LogP contribution in [0.25, 0.3) is 0 Å². The number of hydrogen-bond acceptors (Lipinski definition) is 5. The Morgan fingerprint density at radius 1 is 0.885 bits per heavy atom. The fourth-order valence-electron chi connectivity index (χ4n) is 2.32. The molecule has 0 saturated heterocycles. The quantitative estimate of drug-likeness (QED) is 0.646. The van der Waals surface area contributed by atoms with Crippen LogP contribution in [0.15, 0.2) is 42.5 Å². The van der Waals surface area contributed by atoms with Gasteiger partial charge in [-0.2, -0.15) is 4.98 Å². The molecule has 1 heterocycles. The lowest BCUT2D eigenvalue weighted by atomic mass is 10.2. The lowest BCUT2D eigenvalue weighted by Gasteiger charge is -2.12. The highest BCUT2D eigenvalue weighted by Crippen LogP contribution is 2.27. The van der Waals surface area contributed by atoms with Crippen LogP contribution in [0, 0.1) is 24.4 Å². The van der Waals surface area contributed by atoms with Gasteiger partial charge >= 0.3 is 0 Å². The van der Waals surface area contributed by atoms with Crippen molar-refractivity contribution < 1.29 is 17.9 Å². The minimum absolute atomic E-state index is 0.222. The molecule has 0 saturated carbocycles. The molecule has 3 aromatic rings. The van der Waals surface area contributed by atoms with E-state index in [1.165, 1.54) is 7.11 Å². The van der Waals surface area contributed by atoms with E-state index in [-0.39, 0.29) is 17.5 Å². The second kappa shape index (κ2) is 7.30. The number of methoxy groups -OCH3 is 1. The Balaban J connectivity index is 1.90. The zero-order valence-corrected chi connectivity index (χ0v) is 14.0. The van der Waals surface area contributed by atoms with Crippen LogP contribution >= 0.6 is 0 Å². The molecular formula is C18H15F3N4O. The number of hydrogen-bond donors (Lipinski definition) is 2. The third kappa shape index (κ3) is 3.69. The van der Waals surface area contributed by atoms with Gasteiger partial charge in [-0.3, -0.25) is 0 Å². The van der Waals surface area contributed by atoms with Gasteiger partial charge in [-0.05, 0) is 31.2 Å². The summed E-state index contributed by atoms with van der Waals surface area (Å²) in [5.74, 6) is -3.07. The Kier molecular flexibility index (Phi) is 4.92. The Morgan fingerprint density at radius 3 is 2.42 bits per heavy atom. The lowest BCUT2D eigenvalue weighted by Crippen LogP contribution is -2.05. The van der Waals surface area contributed by atoms with Crippen LogP contribution in [0.5, 0.6) is 5.75 Å². The minimum Gasteiger partial charge on any atom is -0.495 e. The number of aromatic nitrogens is 2. The summed E-state index contributed by atoms with van der Waals surface area (Å²) in [5, 5.41) is 5.64. The van der Waals surface area contributed by atoms with Crippen molar-refractivity contribution in [1.29, 1.82) is 0 Å². The average Bonchev–Trinajstić information content (AvgIpc) is 2.62. The monoisotopic (exact) mass is 360 g/mol. The molecule has 0 atom stereocenters. The summed E-state index contributed by atoms with van der Waals surface area (Å²) >= 11 is 0. The smallest absolute Gasteiger partial charge is 0.229 e. The zero-order chi connectivity index (χ0) is 18.7. The molecule has 0 amide bonds. The number of halogens is 3. The van der Waals surface area contributed by atoms with E-state index >= 15 is 0 Å². The molecule has 5 nitrogen and oxygen atoms in total. The molecule has 0 bridgehead atoms. The van der Waals surface area contributed by atoms with Crippen molar-refractivity contribution in [2.45, 2.75) is 6.92 Å². The van der Waals surface area contributed by atoms with Crippen LogP contribution in [0.3, 0.4) is 0 Å². The molecule has 0 spiro atoms. The first-order valence-corrected chi connectivity index (χ1v) is 7.64. The first-order valence-electron chi connectivity index (χ1n) is 7.64. The molecule has 3 rings (SSSR count). The second-order valence-corrected chi connectivity index (χ2v) is 5.39. The molecule has 0 aliphatic carbocycles. The van der Waals surface area contributed by atoms with Gasteiger partial charge in [0, 0.05) is 11.8 Å². The molecule has 0 aliphatic rings. The summed E-state index contributed by atoms with van der Waals surface area (Å²) in [4.78, 5) is 8.48. The van der Waals surface area contributed by atoms with Crippen LogP contribution in [0.2, 0.25) is 0 Å². The van der Waals surface area contributed by atoms with E-state index in [1.54, 1.807) is 25.1 Å². The fraction of sp³-hybridized carbons (Fsp3) is 0.111. The van der Waals surface area contributed by atoms with Crippen LogP contribution in [-0.2, 0) is 0 Å². The summed E-state index contributed by atoms with van der Waals surface area (Å²) in [5.41, 5.74) is 0.999. The van der Waals surface area contributed by atoms with Crippen LogP contribution < -0.4 is 15.4 Å². The Labute approximate surface area is 147 Å². The third-order valence-corrected chi connectivity index (χ3v) is 3.51. The largest absolute Gasteiger partial charge is 0.495 e. The van der Waals surface area contributed by atoms with Gasteiger partial charge in [0.05, 0.1) is 18.5 Å². The lowest BCUT2D eigenvalue weighted by molar-refractivity contribution is 0.417. The van der Waals surface area contributed by atoms with Crippen LogP contribution in [-0.4, -0.2) is 17.1 Å². The van der Waals surface area contributed by atoms with Crippen LogP contribution in [0.4, 0.5) is 36.3 Å². The Bertz CT molecular complexity index is 950.